The van der Waals surface area contributed by atoms with Gasteiger partial charge in [0.2, 0.25) is 0 Å². The molecule has 0 unspecified atom stereocenters. The average Bonchev–Trinajstić information content (AvgIpc) is 3.22. The molecule has 0 aliphatic heterocycles. The molecule has 0 radical (unpaired) electrons. The zero-order valence-electron chi connectivity index (χ0n) is 23.2. The number of rotatable bonds is 25. The molecule has 2 heteroatoms. The highest BCUT2D eigenvalue weighted by Crippen LogP contribution is 2.13. The first-order chi connectivity index (χ1) is 16.3. The van der Waals surface area contributed by atoms with E-state index >= 15 is 0 Å². The van der Waals surface area contributed by atoms with Crippen molar-refractivity contribution in [1.82, 2.24) is 4.57 Å². The third kappa shape index (κ3) is 16.5. The number of hydrogen-bond donors (Lipinski definition) is 0. The second-order valence-electron chi connectivity index (χ2n) is 10.5. The lowest BCUT2D eigenvalue weighted by Crippen LogP contribution is -2.37. The highest BCUT2D eigenvalue weighted by atomic mass is 15.1. The van der Waals surface area contributed by atoms with Crippen molar-refractivity contribution in [2.24, 2.45) is 0 Å². The van der Waals surface area contributed by atoms with Gasteiger partial charge in [-0.1, -0.05) is 136 Å². The first-order valence-electron chi connectivity index (χ1n) is 15.4. The first-order valence-corrected chi connectivity index (χ1v) is 15.4. The molecular weight excluding hydrogens is 400 g/mol. The van der Waals surface area contributed by atoms with Gasteiger partial charge in [-0.15, -0.1) is 0 Å². The summed E-state index contributed by atoms with van der Waals surface area (Å²) < 4.78 is 5.07. The van der Waals surface area contributed by atoms with Crippen molar-refractivity contribution < 1.29 is 4.57 Å². The topological polar surface area (TPSA) is 8.81 Å². The Morgan fingerprint density at radius 1 is 0.515 bits per heavy atom. The fraction of sp³-hybridized carbons (Fsp3) is 0.903. The highest BCUT2D eigenvalue weighted by molar-refractivity contribution is 4.83. The van der Waals surface area contributed by atoms with E-state index in [0.717, 1.165) is 6.42 Å². The molecule has 0 amide bonds. The summed E-state index contributed by atoms with van der Waals surface area (Å²) in [7, 11) is 0. The van der Waals surface area contributed by atoms with E-state index in [-0.39, 0.29) is 0 Å². The quantitative estimate of drug-likeness (QED) is 0.101. The molecule has 0 aliphatic rings. The van der Waals surface area contributed by atoms with Crippen LogP contribution in [0.4, 0.5) is 0 Å². The Balaban J connectivity index is 2.02. The SMILES string of the molecule is CCCCCCCCCCCCCC[n+]1ccn(CCCCCCCCCCCC)c1CC. The van der Waals surface area contributed by atoms with Gasteiger partial charge in [-0.25, -0.2) is 9.13 Å². The normalized spacial score (nSPS) is 11.5. The number of aryl methyl sites for hydroxylation is 2. The highest BCUT2D eigenvalue weighted by Gasteiger charge is 2.14. The Labute approximate surface area is 208 Å². The lowest BCUT2D eigenvalue weighted by atomic mass is 10.1. The lowest BCUT2D eigenvalue weighted by Gasteiger charge is -2.05. The number of imidazole rings is 1. The van der Waals surface area contributed by atoms with E-state index < -0.39 is 0 Å². The fourth-order valence-corrected chi connectivity index (χ4v) is 5.20. The minimum absolute atomic E-state index is 1.16. The molecule has 0 atom stereocenters. The van der Waals surface area contributed by atoms with Gasteiger partial charge in [-0.05, 0) is 25.7 Å². The minimum Gasteiger partial charge on any atom is -0.234 e. The van der Waals surface area contributed by atoms with Crippen molar-refractivity contribution in [3.05, 3.63) is 18.2 Å². The number of aromatic nitrogens is 2. The zero-order chi connectivity index (χ0) is 23.8. The molecule has 0 saturated heterocycles. The smallest absolute Gasteiger partial charge is 0.234 e. The van der Waals surface area contributed by atoms with E-state index in [1.165, 1.54) is 160 Å². The van der Waals surface area contributed by atoms with Gasteiger partial charge in [-0.3, -0.25) is 0 Å². The van der Waals surface area contributed by atoms with Gasteiger partial charge in [0.15, 0.2) is 0 Å². The summed E-state index contributed by atoms with van der Waals surface area (Å²) in [5.74, 6) is 1.54. The third-order valence-electron chi connectivity index (χ3n) is 7.41. The molecule has 33 heavy (non-hydrogen) atoms. The van der Waals surface area contributed by atoms with Crippen LogP contribution >= 0.6 is 0 Å². The summed E-state index contributed by atoms with van der Waals surface area (Å²) in [5.41, 5.74) is 0. The van der Waals surface area contributed by atoms with Gasteiger partial charge in [0.1, 0.15) is 12.4 Å². The Bertz CT molecular complexity index is 519. The molecule has 1 heterocycles. The van der Waals surface area contributed by atoms with Gasteiger partial charge in [0.05, 0.1) is 13.1 Å². The summed E-state index contributed by atoms with van der Waals surface area (Å²) >= 11 is 0. The molecule has 0 aliphatic carbocycles. The van der Waals surface area contributed by atoms with Crippen molar-refractivity contribution in [1.29, 1.82) is 0 Å². The van der Waals surface area contributed by atoms with Crippen molar-refractivity contribution in [2.75, 3.05) is 0 Å². The van der Waals surface area contributed by atoms with E-state index in [9.17, 15) is 0 Å². The standard InChI is InChI=1S/C31H61N2/c1-4-7-9-11-13-15-17-18-20-22-24-26-28-33-30-29-32(31(33)6-3)27-25-23-21-19-16-14-12-10-8-5-2/h29-30H,4-28H2,1-3H3/q+1. The van der Waals surface area contributed by atoms with E-state index in [1.807, 2.05) is 0 Å². The van der Waals surface area contributed by atoms with Crippen LogP contribution in [0, 0.1) is 0 Å². The first kappa shape index (κ1) is 30.2. The van der Waals surface area contributed by atoms with Gasteiger partial charge in [-0.2, -0.15) is 0 Å². The second-order valence-corrected chi connectivity index (χ2v) is 10.5. The van der Waals surface area contributed by atoms with Crippen LogP contribution in [0.1, 0.15) is 168 Å². The zero-order valence-corrected chi connectivity index (χ0v) is 23.2. The number of unbranched alkanes of at least 4 members (excludes halogenated alkanes) is 20. The molecular formula is C31H61N2+. The van der Waals surface area contributed by atoms with Crippen LogP contribution < -0.4 is 4.57 Å². The second kappa shape index (κ2) is 23.0. The van der Waals surface area contributed by atoms with Gasteiger partial charge < -0.3 is 0 Å². The van der Waals surface area contributed by atoms with E-state index in [0.29, 0.717) is 0 Å². The van der Waals surface area contributed by atoms with Gasteiger partial charge >= 0.3 is 0 Å². The predicted molar refractivity (Wildman–Crippen MR) is 147 cm³/mol. The maximum absolute atomic E-state index is 2.53. The van der Waals surface area contributed by atoms with Crippen LogP contribution in [0.15, 0.2) is 12.4 Å². The maximum atomic E-state index is 2.53. The van der Waals surface area contributed by atoms with E-state index in [2.05, 4.69) is 42.3 Å². The fourth-order valence-electron chi connectivity index (χ4n) is 5.20. The molecule has 1 rings (SSSR count). The summed E-state index contributed by atoms with van der Waals surface area (Å²) in [6.07, 6.45) is 37.2. The molecule has 0 N–H and O–H groups in total. The molecule has 0 bridgehead atoms. The van der Waals surface area contributed by atoms with Crippen LogP contribution in [0.2, 0.25) is 0 Å². The largest absolute Gasteiger partial charge is 0.256 e. The summed E-state index contributed by atoms with van der Waals surface area (Å²) in [6.45, 7) is 9.35. The summed E-state index contributed by atoms with van der Waals surface area (Å²) in [5, 5.41) is 0. The summed E-state index contributed by atoms with van der Waals surface area (Å²) in [4.78, 5) is 0. The molecule has 0 fully saturated rings. The van der Waals surface area contributed by atoms with Crippen molar-refractivity contribution >= 4 is 0 Å². The van der Waals surface area contributed by atoms with Crippen molar-refractivity contribution in [2.45, 2.75) is 182 Å². The maximum Gasteiger partial charge on any atom is 0.256 e. The Morgan fingerprint density at radius 3 is 1.33 bits per heavy atom. The monoisotopic (exact) mass is 461 g/mol. The lowest BCUT2D eigenvalue weighted by molar-refractivity contribution is -0.704. The van der Waals surface area contributed by atoms with Crippen LogP contribution in [0.5, 0.6) is 0 Å². The van der Waals surface area contributed by atoms with Crippen LogP contribution in [0.3, 0.4) is 0 Å². The van der Waals surface area contributed by atoms with Crippen molar-refractivity contribution in [3.63, 3.8) is 0 Å². The number of nitrogens with zero attached hydrogens (tertiary/aromatic N) is 2. The molecule has 194 valence electrons. The predicted octanol–water partition coefficient (Wildman–Crippen LogP) is 9.96. The van der Waals surface area contributed by atoms with Crippen LogP contribution in [-0.2, 0) is 19.5 Å². The van der Waals surface area contributed by atoms with Gasteiger partial charge in [0, 0.05) is 6.42 Å². The van der Waals surface area contributed by atoms with Crippen LogP contribution in [-0.4, -0.2) is 4.57 Å². The number of hydrogen-bond acceptors (Lipinski definition) is 0. The Hall–Kier alpha value is -0.790. The molecule has 1 aromatic heterocycles. The van der Waals surface area contributed by atoms with Crippen LogP contribution in [0.25, 0.3) is 0 Å². The molecule has 2 nitrogen and oxygen atoms in total. The Morgan fingerprint density at radius 2 is 0.909 bits per heavy atom. The third-order valence-corrected chi connectivity index (χ3v) is 7.41. The van der Waals surface area contributed by atoms with E-state index in [1.54, 1.807) is 0 Å². The molecule has 1 aromatic rings. The molecule has 0 spiro atoms. The van der Waals surface area contributed by atoms with Gasteiger partial charge in [0.25, 0.3) is 5.82 Å². The molecule has 0 saturated carbocycles. The minimum atomic E-state index is 1.16. The van der Waals surface area contributed by atoms with E-state index in [4.69, 9.17) is 0 Å². The average molecular weight is 462 g/mol. The summed E-state index contributed by atoms with van der Waals surface area (Å²) in [6, 6.07) is 0. The van der Waals surface area contributed by atoms with Crippen molar-refractivity contribution in [3.8, 4) is 0 Å². The molecule has 0 aromatic carbocycles. The Kier molecular flexibility index (Phi) is 21.1.